The maximum atomic E-state index is 13.0. The molecular formula is C21H20N4O3. The topological polar surface area (TPSA) is 87.3 Å². The number of rotatable bonds is 5. The third kappa shape index (κ3) is 3.39. The number of ether oxygens (including phenoxy) is 1. The van der Waals surface area contributed by atoms with Crippen LogP contribution in [0, 0.1) is 0 Å². The smallest absolute Gasteiger partial charge is 0.256 e. The molecule has 2 N–H and O–H groups in total. The van der Waals surface area contributed by atoms with Gasteiger partial charge in [-0.25, -0.2) is 0 Å². The maximum Gasteiger partial charge on any atom is 0.256 e. The number of carbonyl (C=O) groups excluding carboxylic acids is 2. The highest BCUT2D eigenvalue weighted by atomic mass is 16.5. The first-order chi connectivity index (χ1) is 13.7. The molecule has 1 unspecified atom stereocenters. The highest BCUT2D eigenvalue weighted by Crippen LogP contribution is 2.30. The van der Waals surface area contributed by atoms with Crippen LogP contribution in [0.15, 0.2) is 60.7 Å². The Bertz CT molecular complexity index is 985. The highest BCUT2D eigenvalue weighted by Gasteiger charge is 2.33. The number of methoxy groups -OCH3 is 1. The lowest BCUT2D eigenvalue weighted by Gasteiger charge is -2.22. The number of anilines is 1. The zero-order valence-electron chi connectivity index (χ0n) is 15.4. The fraction of sp³-hybridized carbons (Fsp3) is 0.190. The molecule has 7 nitrogen and oxygen atoms in total. The van der Waals surface area contributed by atoms with E-state index in [-0.39, 0.29) is 11.8 Å². The Morgan fingerprint density at radius 3 is 2.43 bits per heavy atom. The summed E-state index contributed by atoms with van der Waals surface area (Å²) in [6.07, 6.45) is -0.666. The molecule has 2 aromatic carbocycles. The van der Waals surface area contributed by atoms with E-state index in [2.05, 4.69) is 15.5 Å². The average molecular weight is 376 g/mol. The standard InChI is InChI=1S/C21H20N4O3/c1-28-18(14-8-4-2-5-9-14)21(27)25-12-16-17(13-25)23-24-19(16)22-20(26)15-10-6-3-7-11-15/h2-11,18H,12-13H2,1H3,(H2,22,23,24,26). The molecule has 28 heavy (non-hydrogen) atoms. The molecule has 0 saturated heterocycles. The van der Waals surface area contributed by atoms with Gasteiger partial charge in [0.25, 0.3) is 11.8 Å². The summed E-state index contributed by atoms with van der Waals surface area (Å²) in [5.74, 6) is 0.0881. The number of aromatic nitrogens is 2. The van der Waals surface area contributed by atoms with Gasteiger partial charge in [-0.2, -0.15) is 5.10 Å². The van der Waals surface area contributed by atoms with Crippen LogP contribution < -0.4 is 5.32 Å². The van der Waals surface area contributed by atoms with E-state index in [1.165, 1.54) is 7.11 Å². The summed E-state index contributed by atoms with van der Waals surface area (Å²) in [6.45, 7) is 0.761. The lowest BCUT2D eigenvalue weighted by Crippen LogP contribution is -2.32. The van der Waals surface area contributed by atoms with E-state index in [9.17, 15) is 9.59 Å². The number of amides is 2. The van der Waals surface area contributed by atoms with Crippen molar-refractivity contribution in [3.05, 3.63) is 83.0 Å². The lowest BCUT2D eigenvalue weighted by molar-refractivity contribution is -0.143. The highest BCUT2D eigenvalue weighted by molar-refractivity contribution is 6.04. The number of nitrogens with zero attached hydrogens (tertiary/aromatic N) is 2. The minimum atomic E-state index is -0.666. The van der Waals surface area contributed by atoms with Gasteiger partial charge in [0.05, 0.1) is 18.8 Å². The van der Waals surface area contributed by atoms with Gasteiger partial charge in [-0.05, 0) is 17.7 Å². The molecule has 0 fully saturated rings. The number of H-pyrrole nitrogens is 1. The SMILES string of the molecule is COC(C(=O)N1Cc2[nH]nc(NC(=O)c3ccccc3)c2C1)c1ccccc1. The minimum absolute atomic E-state index is 0.126. The molecule has 0 bridgehead atoms. The number of hydrogen-bond donors (Lipinski definition) is 2. The van der Waals surface area contributed by atoms with E-state index in [0.29, 0.717) is 24.5 Å². The second-order valence-electron chi connectivity index (χ2n) is 6.57. The predicted molar refractivity (Wildman–Crippen MR) is 103 cm³/mol. The Morgan fingerprint density at radius 1 is 1.07 bits per heavy atom. The normalized spacial score (nSPS) is 13.8. The van der Waals surface area contributed by atoms with Gasteiger partial charge in [-0.3, -0.25) is 14.7 Å². The van der Waals surface area contributed by atoms with Gasteiger partial charge in [0, 0.05) is 18.2 Å². The molecule has 1 atom stereocenters. The number of benzene rings is 2. The van der Waals surface area contributed by atoms with E-state index < -0.39 is 6.10 Å². The summed E-state index contributed by atoms with van der Waals surface area (Å²) >= 11 is 0. The quantitative estimate of drug-likeness (QED) is 0.717. The molecule has 142 valence electrons. The molecule has 1 aliphatic heterocycles. The number of hydrogen-bond acceptors (Lipinski definition) is 4. The van der Waals surface area contributed by atoms with Crippen LogP contribution in [-0.2, 0) is 22.6 Å². The van der Waals surface area contributed by atoms with Crippen molar-refractivity contribution in [2.45, 2.75) is 19.2 Å². The maximum absolute atomic E-state index is 13.0. The Hall–Kier alpha value is -3.45. The monoisotopic (exact) mass is 376 g/mol. The number of carbonyl (C=O) groups is 2. The zero-order chi connectivity index (χ0) is 19.5. The summed E-state index contributed by atoms with van der Waals surface area (Å²) in [5.41, 5.74) is 3.00. The molecule has 0 spiro atoms. The van der Waals surface area contributed by atoms with Crippen LogP contribution in [0.5, 0.6) is 0 Å². The van der Waals surface area contributed by atoms with Gasteiger partial charge < -0.3 is 15.0 Å². The van der Waals surface area contributed by atoms with E-state index in [1.807, 2.05) is 36.4 Å². The third-order valence-electron chi connectivity index (χ3n) is 4.79. The van der Waals surface area contributed by atoms with Crippen molar-refractivity contribution >= 4 is 17.6 Å². The van der Waals surface area contributed by atoms with Gasteiger partial charge in [0.2, 0.25) is 0 Å². The van der Waals surface area contributed by atoms with Gasteiger partial charge in [0.1, 0.15) is 0 Å². The fourth-order valence-electron chi connectivity index (χ4n) is 3.34. The lowest BCUT2D eigenvalue weighted by atomic mass is 10.1. The van der Waals surface area contributed by atoms with Crippen molar-refractivity contribution in [3.8, 4) is 0 Å². The second-order valence-corrected chi connectivity index (χ2v) is 6.57. The summed E-state index contributed by atoms with van der Waals surface area (Å²) in [6, 6.07) is 18.3. The zero-order valence-corrected chi connectivity index (χ0v) is 15.4. The summed E-state index contributed by atoms with van der Waals surface area (Å²) < 4.78 is 5.45. The van der Waals surface area contributed by atoms with Crippen molar-refractivity contribution in [1.29, 1.82) is 0 Å². The summed E-state index contributed by atoms with van der Waals surface area (Å²) in [5, 5.41) is 9.94. The Kier molecular flexibility index (Phi) is 4.90. The van der Waals surface area contributed by atoms with Crippen molar-refractivity contribution in [2.24, 2.45) is 0 Å². The second kappa shape index (κ2) is 7.66. The number of aromatic amines is 1. The molecule has 0 aliphatic carbocycles. The van der Waals surface area contributed by atoms with E-state index in [4.69, 9.17) is 4.74 Å². The first kappa shape index (κ1) is 17.9. The van der Waals surface area contributed by atoms with Crippen LogP contribution >= 0.6 is 0 Å². The molecule has 0 saturated carbocycles. The predicted octanol–water partition coefficient (Wildman–Crippen LogP) is 2.89. The van der Waals surface area contributed by atoms with Gasteiger partial charge in [-0.15, -0.1) is 0 Å². The Labute approximate surface area is 162 Å². The minimum Gasteiger partial charge on any atom is -0.367 e. The number of nitrogens with one attached hydrogen (secondary N) is 2. The molecular weight excluding hydrogens is 356 g/mol. The third-order valence-corrected chi connectivity index (χ3v) is 4.79. The van der Waals surface area contributed by atoms with E-state index in [1.54, 1.807) is 29.2 Å². The Balaban J connectivity index is 1.48. The summed E-state index contributed by atoms with van der Waals surface area (Å²) in [7, 11) is 1.53. The van der Waals surface area contributed by atoms with Crippen LogP contribution in [0.2, 0.25) is 0 Å². The van der Waals surface area contributed by atoms with Crippen LogP contribution in [0.3, 0.4) is 0 Å². The molecule has 4 rings (SSSR count). The Morgan fingerprint density at radius 2 is 1.75 bits per heavy atom. The van der Waals surface area contributed by atoms with Crippen molar-refractivity contribution in [3.63, 3.8) is 0 Å². The van der Waals surface area contributed by atoms with Crippen molar-refractivity contribution in [1.82, 2.24) is 15.1 Å². The van der Waals surface area contributed by atoms with Crippen molar-refractivity contribution in [2.75, 3.05) is 12.4 Å². The van der Waals surface area contributed by atoms with Gasteiger partial charge >= 0.3 is 0 Å². The van der Waals surface area contributed by atoms with Crippen LogP contribution in [-0.4, -0.2) is 34.0 Å². The van der Waals surface area contributed by atoms with Crippen LogP contribution in [0.1, 0.15) is 33.3 Å². The van der Waals surface area contributed by atoms with Gasteiger partial charge in [0.15, 0.2) is 11.9 Å². The first-order valence-corrected chi connectivity index (χ1v) is 8.96. The number of fused-ring (bicyclic) bond motifs is 1. The first-order valence-electron chi connectivity index (χ1n) is 8.96. The molecule has 2 amide bonds. The summed E-state index contributed by atoms with van der Waals surface area (Å²) in [4.78, 5) is 27.1. The molecule has 0 radical (unpaired) electrons. The van der Waals surface area contributed by atoms with Gasteiger partial charge in [-0.1, -0.05) is 48.5 Å². The van der Waals surface area contributed by atoms with Crippen molar-refractivity contribution < 1.29 is 14.3 Å². The van der Waals surface area contributed by atoms with Crippen LogP contribution in [0.25, 0.3) is 0 Å². The molecule has 1 aliphatic rings. The largest absolute Gasteiger partial charge is 0.367 e. The molecule has 1 aromatic heterocycles. The van der Waals surface area contributed by atoms with E-state index in [0.717, 1.165) is 16.8 Å². The molecule has 3 aromatic rings. The van der Waals surface area contributed by atoms with Crippen LogP contribution in [0.4, 0.5) is 5.82 Å². The fourth-order valence-corrected chi connectivity index (χ4v) is 3.34. The van der Waals surface area contributed by atoms with E-state index >= 15 is 0 Å². The average Bonchev–Trinajstić information content (AvgIpc) is 3.32. The molecule has 2 heterocycles. The molecule has 7 heteroatoms.